The second kappa shape index (κ2) is 7.68. The van der Waals surface area contributed by atoms with Gasteiger partial charge < -0.3 is 14.5 Å². The molecule has 1 atom stereocenters. The van der Waals surface area contributed by atoms with Crippen LogP contribution >= 0.6 is 0 Å². The minimum absolute atomic E-state index is 0.103. The lowest BCUT2D eigenvalue weighted by molar-refractivity contribution is 0.273. The first kappa shape index (κ1) is 19.6. The van der Waals surface area contributed by atoms with Crippen LogP contribution in [0.25, 0.3) is 0 Å². The van der Waals surface area contributed by atoms with Crippen molar-refractivity contribution in [2.45, 2.75) is 51.4 Å². The van der Waals surface area contributed by atoms with Gasteiger partial charge in [-0.3, -0.25) is 4.79 Å². The van der Waals surface area contributed by atoms with E-state index in [-0.39, 0.29) is 23.1 Å². The Balaban J connectivity index is 2.41. The Hall–Kier alpha value is -1.69. The first-order valence-electron chi connectivity index (χ1n) is 8.67. The average Bonchev–Trinajstić information content (AvgIpc) is 2.56. The number of hydrogen-bond donors (Lipinski definition) is 2. The maximum atomic E-state index is 12.4. The van der Waals surface area contributed by atoms with Crippen LogP contribution in [0.3, 0.4) is 0 Å². The Morgan fingerprint density at radius 1 is 1.20 bits per heavy atom. The van der Waals surface area contributed by atoms with E-state index in [1.807, 2.05) is 30.3 Å². The van der Waals surface area contributed by atoms with Crippen LogP contribution in [0.15, 0.2) is 47.4 Å². The summed E-state index contributed by atoms with van der Waals surface area (Å²) in [5.41, 5.74) is 2.24. The number of aliphatic hydroxyl groups excluding tert-OH is 1. The standard InChI is InChI=1S/C20H29NO3Si/c1-20(2,3)25(4,5)24-14-18(16-9-7-6-8-10-16)17-11-15(13-22)12-21-19(17)23/h6-12,18,22H,13-14H2,1-5H3,(H,21,23). The molecule has 1 heterocycles. The molecule has 0 bridgehead atoms. The highest BCUT2D eigenvalue weighted by Crippen LogP contribution is 2.37. The van der Waals surface area contributed by atoms with Gasteiger partial charge in [0.2, 0.25) is 0 Å². The van der Waals surface area contributed by atoms with Crippen LogP contribution in [0, 0.1) is 0 Å². The second-order valence-corrected chi connectivity index (χ2v) is 12.8. The van der Waals surface area contributed by atoms with Gasteiger partial charge in [0.05, 0.1) is 6.61 Å². The second-order valence-electron chi connectivity index (χ2n) is 7.99. The van der Waals surface area contributed by atoms with E-state index in [9.17, 15) is 9.90 Å². The molecule has 0 radical (unpaired) electrons. The molecular formula is C20H29NO3Si. The fraction of sp³-hybridized carbons (Fsp3) is 0.450. The highest BCUT2D eigenvalue weighted by molar-refractivity contribution is 6.74. The summed E-state index contributed by atoms with van der Waals surface area (Å²) in [6.07, 6.45) is 1.56. The van der Waals surface area contributed by atoms with Gasteiger partial charge in [-0.25, -0.2) is 0 Å². The van der Waals surface area contributed by atoms with Gasteiger partial charge in [0.15, 0.2) is 8.32 Å². The zero-order chi connectivity index (χ0) is 18.7. The molecule has 1 unspecified atom stereocenters. The minimum Gasteiger partial charge on any atom is -0.416 e. The van der Waals surface area contributed by atoms with Crippen molar-refractivity contribution in [1.82, 2.24) is 4.98 Å². The molecule has 5 heteroatoms. The van der Waals surface area contributed by atoms with Crippen LogP contribution in [0.2, 0.25) is 18.1 Å². The van der Waals surface area contributed by atoms with Crippen LogP contribution in [-0.2, 0) is 11.0 Å². The van der Waals surface area contributed by atoms with Gasteiger partial charge >= 0.3 is 0 Å². The van der Waals surface area contributed by atoms with Crippen molar-refractivity contribution in [3.05, 3.63) is 69.6 Å². The molecule has 0 spiro atoms. The van der Waals surface area contributed by atoms with Gasteiger partial charge in [-0.15, -0.1) is 0 Å². The van der Waals surface area contributed by atoms with Crippen LogP contribution in [0.1, 0.15) is 43.4 Å². The van der Waals surface area contributed by atoms with Gasteiger partial charge in [-0.1, -0.05) is 51.1 Å². The molecule has 2 rings (SSSR count). The van der Waals surface area contributed by atoms with E-state index < -0.39 is 8.32 Å². The summed E-state index contributed by atoms with van der Waals surface area (Å²) in [6.45, 7) is 11.4. The normalized spacial score (nSPS) is 13.7. The summed E-state index contributed by atoms with van der Waals surface area (Å²) < 4.78 is 6.42. The maximum absolute atomic E-state index is 12.4. The van der Waals surface area contributed by atoms with Gasteiger partial charge in [0, 0.05) is 24.3 Å². The Morgan fingerprint density at radius 3 is 2.40 bits per heavy atom. The molecule has 0 saturated carbocycles. The first-order valence-corrected chi connectivity index (χ1v) is 11.6. The van der Waals surface area contributed by atoms with Gasteiger partial charge in [0.25, 0.3) is 5.56 Å². The third-order valence-electron chi connectivity index (χ3n) is 5.17. The van der Waals surface area contributed by atoms with Crippen LogP contribution in [0.5, 0.6) is 0 Å². The number of hydrogen-bond acceptors (Lipinski definition) is 3. The van der Waals surface area contributed by atoms with E-state index in [1.165, 1.54) is 0 Å². The first-order chi connectivity index (χ1) is 11.7. The fourth-order valence-electron chi connectivity index (χ4n) is 2.46. The zero-order valence-corrected chi connectivity index (χ0v) is 16.8. The molecule has 1 aromatic heterocycles. The predicted molar refractivity (Wildman–Crippen MR) is 104 cm³/mol. The molecular weight excluding hydrogens is 330 g/mol. The van der Waals surface area contributed by atoms with Crippen molar-refractivity contribution in [1.29, 1.82) is 0 Å². The quantitative estimate of drug-likeness (QED) is 0.766. The average molecular weight is 360 g/mol. The van der Waals surface area contributed by atoms with Crippen molar-refractivity contribution in [2.75, 3.05) is 6.61 Å². The summed E-state index contributed by atoms with van der Waals surface area (Å²) in [5.74, 6) is -0.162. The predicted octanol–water partition coefficient (Wildman–Crippen LogP) is 4.02. The number of aromatic amines is 1. The third kappa shape index (κ3) is 4.69. The molecule has 2 aromatic rings. The topological polar surface area (TPSA) is 62.3 Å². The minimum atomic E-state index is -1.93. The lowest BCUT2D eigenvalue weighted by Gasteiger charge is -2.37. The lowest BCUT2D eigenvalue weighted by atomic mass is 9.92. The molecule has 0 aliphatic carbocycles. The molecule has 2 N–H and O–H groups in total. The molecule has 0 saturated heterocycles. The van der Waals surface area contributed by atoms with E-state index in [2.05, 4.69) is 38.8 Å². The van der Waals surface area contributed by atoms with Crippen molar-refractivity contribution in [3.63, 3.8) is 0 Å². The van der Waals surface area contributed by atoms with Crippen LogP contribution in [-0.4, -0.2) is 25.0 Å². The number of rotatable bonds is 6. The number of aromatic nitrogens is 1. The smallest absolute Gasteiger partial charge is 0.251 e. The highest BCUT2D eigenvalue weighted by atomic mass is 28.4. The Kier molecular flexibility index (Phi) is 6.03. The fourth-order valence-corrected chi connectivity index (χ4v) is 3.47. The van der Waals surface area contributed by atoms with Crippen molar-refractivity contribution < 1.29 is 9.53 Å². The Morgan fingerprint density at radius 2 is 1.84 bits per heavy atom. The van der Waals surface area contributed by atoms with Gasteiger partial charge in [-0.2, -0.15) is 0 Å². The maximum Gasteiger partial charge on any atom is 0.251 e. The Bertz CT molecular complexity index is 748. The third-order valence-corrected chi connectivity index (χ3v) is 9.67. The molecule has 0 amide bonds. The molecule has 0 aliphatic rings. The van der Waals surface area contributed by atoms with Crippen LogP contribution in [0.4, 0.5) is 0 Å². The number of aliphatic hydroxyl groups is 1. The van der Waals surface area contributed by atoms with Crippen molar-refractivity contribution in [2.24, 2.45) is 0 Å². The van der Waals surface area contributed by atoms with Gasteiger partial charge in [-0.05, 0) is 35.3 Å². The molecule has 25 heavy (non-hydrogen) atoms. The Labute approximate surface area is 151 Å². The lowest BCUT2D eigenvalue weighted by Crippen LogP contribution is -2.42. The summed E-state index contributed by atoms with van der Waals surface area (Å²) in [4.78, 5) is 15.2. The summed E-state index contributed by atoms with van der Waals surface area (Å²) in [5, 5.41) is 9.53. The molecule has 136 valence electrons. The van der Waals surface area contributed by atoms with Crippen molar-refractivity contribution in [3.8, 4) is 0 Å². The van der Waals surface area contributed by atoms with E-state index in [4.69, 9.17) is 4.43 Å². The van der Waals surface area contributed by atoms with Gasteiger partial charge in [0.1, 0.15) is 0 Å². The van der Waals surface area contributed by atoms with E-state index in [1.54, 1.807) is 12.3 Å². The number of H-pyrrole nitrogens is 1. The summed E-state index contributed by atoms with van der Waals surface area (Å²) in [7, 11) is -1.93. The largest absolute Gasteiger partial charge is 0.416 e. The van der Waals surface area contributed by atoms with E-state index in [0.29, 0.717) is 17.7 Å². The highest BCUT2D eigenvalue weighted by Gasteiger charge is 2.38. The SMILES string of the molecule is CC(C)(C)[Si](C)(C)OCC(c1ccccc1)c1cc(CO)c[nH]c1=O. The number of nitrogens with one attached hydrogen (secondary N) is 1. The molecule has 0 fully saturated rings. The summed E-state index contributed by atoms with van der Waals surface area (Å²) in [6, 6.07) is 11.7. The molecule has 4 nitrogen and oxygen atoms in total. The number of pyridine rings is 1. The molecule has 1 aromatic carbocycles. The van der Waals surface area contributed by atoms with Crippen LogP contribution < -0.4 is 5.56 Å². The number of benzene rings is 1. The van der Waals surface area contributed by atoms with E-state index >= 15 is 0 Å². The monoisotopic (exact) mass is 359 g/mol. The zero-order valence-electron chi connectivity index (χ0n) is 15.8. The van der Waals surface area contributed by atoms with Crippen molar-refractivity contribution >= 4 is 8.32 Å². The van der Waals surface area contributed by atoms with E-state index in [0.717, 1.165) is 5.56 Å². The summed E-state index contributed by atoms with van der Waals surface area (Å²) >= 11 is 0. The molecule has 0 aliphatic heterocycles.